The van der Waals surface area contributed by atoms with E-state index in [0.717, 1.165) is 23.4 Å². The average Bonchev–Trinajstić information content (AvgIpc) is 2.98. The van der Waals surface area contributed by atoms with Crippen LogP contribution in [0.5, 0.6) is 17.2 Å². The minimum absolute atomic E-state index is 0.0201. The van der Waals surface area contributed by atoms with Gasteiger partial charge in [0.25, 0.3) is 5.69 Å². The first-order valence-corrected chi connectivity index (χ1v) is 14.2. The summed E-state index contributed by atoms with van der Waals surface area (Å²) in [4.78, 5) is 18.3. The van der Waals surface area contributed by atoms with Gasteiger partial charge < -0.3 is 31.0 Å². The SMILES string of the molecule is COc1cc(Cc2cnc(N)nc2N)cc(OC)c1OCCCNc1ccc(S(=O)(=O)c2ccc([N+](=O)[O-])cc2)cc1. The first-order chi connectivity index (χ1) is 20.1. The standard InChI is InChI=1S/C28H30N6O7S/c1-39-24-15-18(14-19-17-32-28(30)33-27(19)29)16-25(40-2)26(24)41-13-3-12-31-20-4-8-22(9-5-20)42(37,38)23-10-6-21(7-11-23)34(35)36/h4-11,15-17,31H,3,12-14H2,1-2H3,(H4,29,30,32,33). The Morgan fingerprint density at radius 1 is 0.952 bits per heavy atom. The average molecular weight is 595 g/mol. The highest BCUT2D eigenvalue weighted by molar-refractivity contribution is 7.91. The number of aromatic nitrogens is 2. The smallest absolute Gasteiger partial charge is 0.269 e. The molecule has 0 amide bonds. The molecule has 4 aromatic rings. The van der Waals surface area contributed by atoms with Crippen molar-refractivity contribution in [2.45, 2.75) is 22.6 Å². The molecule has 0 aliphatic heterocycles. The summed E-state index contributed by atoms with van der Waals surface area (Å²) in [5, 5.41) is 14.1. The van der Waals surface area contributed by atoms with Crippen LogP contribution in [-0.2, 0) is 16.3 Å². The summed E-state index contributed by atoms with van der Waals surface area (Å²) in [7, 11) is -0.726. The Morgan fingerprint density at radius 2 is 1.55 bits per heavy atom. The molecular weight excluding hydrogens is 564 g/mol. The number of methoxy groups -OCH3 is 2. The zero-order valence-corrected chi connectivity index (χ0v) is 23.8. The first kappa shape index (κ1) is 29.9. The molecule has 4 rings (SSSR count). The molecule has 0 bridgehead atoms. The minimum Gasteiger partial charge on any atom is -0.493 e. The van der Waals surface area contributed by atoms with Crippen LogP contribution in [0.15, 0.2) is 76.7 Å². The molecule has 3 aromatic carbocycles. The fraction of sp³-hybridized carbons (Fsp3) is 0.214. The van der Waals surface area contributed by atoms with Crippen molar-refractivity contribution in [3.8, 4) is 17.2 Å². The summed E-state index contributed by atoms with van der Waals surface area (Å²) < 4.78 is 42.8. The fourth-order valence-corrected chi connectivity index (χ4v) is 5.34. The minimum atomic E-state index is -3.81. The quantitative estimate of drug-likeness (QED) is 0.115. The number of hydrogen-bond acceptors (Lipinski definition) is 12. The molecule has 0 aliphatic carbocycles. The van der Waals surface area contributed by atoms with Crippen molar-refractivity contribution < 1.29 is 27.6 Å². The molecule has 1 heterocycles. The second-order valence-electron chi connectivity index (χ2n) is 9.05. The zero-order valence-electron chi connectivity index (χ0n) is 22.9. The molecule has 220 valence electrons. The third kappa shape index (κ3) is 6.96. The molecule has 5 N–H and O–H groups in total. The number of ether oxygens (including phenoxy) is 3. The number of nitro groups is 1. The summed E-state index contributed by atoms with van der Waals surface area (Å²) in [6, 6.07) is 14.7. The van der Waals surface area contributed by atoms with Gasteiger partial charge in [0, 0.05) is 42.5 Å². The topological polar surface area (TPSA) is 195 Å². The highest BCUT2D eigenvalue weighted by Gasteiger charge is 2.19. The Balaban J connectivity index is 1.33. The number of nitro benzene ring substituents is 1. The van der Waals surface area contributed by atoms with E-state index in [4.69, 9.17) is 25.7 Å². The van der Waals surface area contributed by atoms with Crippen LogP contribution < -0.4 is 31.0 Å². The number of non-ortho nitro benzene ring substituents is 1. The van der Waals surface area contributed by atoms with Crippen LogP contribution in [0.25, 0.3) is 0 Å². The summed E-state index contributed by atoms with van der Waals surface area (Å²) in [5.41, 5.74) is 13.7. The van der Waals surface area contributed by atoms with Crippen molar-refractivity contribution in [3.63, 3.8) is 0 Å². The van der Waals surface area contributed by atoms with Gasteiger partial charge in [0.15, 0.2) is 11.5 Å². The van der Waals surface area contributed by atoms with Gasteiger partial charge in [0.1, 0.15) is 5.82 Å². The third-order valence-corrected chi connectivity index (χ3v) is 8.04. The van der Waals surface area contributed by atoms with E-state index >= 15 is 0 Å². The molecule has 0 saturated heterocycles. The van der Waals surface area contributed by atoms with Crippen LogP contribution in [0.4, 0.5) is 23.1 Å². The number of nitrogens with two attached hydrogens (primary N) is 2. The highest BCUT2D eigenvalue weighted by Crippen LogP contribution is 2.39. The largest absolute Gasteiger partial charge is 0.493 e. The fourth-order valence-electron chi connectivity index (χ4n) is 4.08. The number of anilines is 3. The molecule has 1 aromatic heterocycles. The van der Waals surface area contributed by atoms with E-state index in [1.807, 2.05) is 12.1 Å². The summed E-state index contributed by atoms with van der Waals surface area (Å²) in [6.07, 6.45) is 2.65. The van der Waals surface area contributed by atoms with Crippen molar-refractivity contribution in [2.24, 2.45) is 0 Å². The Morgan fingerprint density at radius 3 is 2.10 bits per heavy atom. The molecule has 42 heavy (non-hydrogen) atoms. The maximum atomic E-state index is 12.9. The van der Waals surface area contributed by atoms with E-state index in [0.29, 0.717) is 54.6 Å². The lowest BCUT2D eigenvalue weighted by Gasteiger charge is -2.17. The molecule has 0 saturated carbocycles. The lowest BCUT2D eigenvalue weighted by atomic mass is 10.1. The van der Waals surface area contributed by atoms with Crippen LogP contribution in [-0.4, -0.2) is 50.7 Å². The second-order valence-corrected chi connectivity index (χ2v) is 11.0. The molecule has 0 atom stereocenters. The van der Waals surface area contributed by atoms with Gasteiger partial charge in [0.05, 0.1) is 35.5 Å². The summed E-state index contributed by atoms with van der Waals surface area (Å²) >= 11 is 0. The molecule has 0 aliphatic rings. The number of nitrogens with one attached hydrogen (secondary N) is 1. The van der Waals surface area contributed by atoms with E-state index in [9.17, 15) is 18.5 Å². The maximum absolute atomic E-state index is 12.9. The van der Waals surface area contributed by atoms with E-state index in [1.54, 1.807) is 32.5 Å². The highest BCUT2D eigenvalue weighted by atomic mass is 32.2. The van der Waals surface area contributed by atoms with Gasteiger partial charge in [-0.15, -0.1) is 0 Å². The van der Waals surface area contributed by atoms with E-state index < -0.39 is 14.8 Å². The molecule has 0 radical (unpaired) electrons. The zero-order chi connectivity index (χ0) is 30.3. The molecule has 14 heteroatoms. The molecule has 0 spiro atoms. The van der Waals surface area contributed by atoms with Gasteiger partial charge >= 0.3 is 0 Å². The summed E-state index contributed by atoms with van der Waals surface area (Å²) in [5.74, 6) is 1.86. The van der Waals surface area contributed by atoms with Crippen molar-refractivity contribution in [1.29, 1.82) is 0 Å². The lowest BCUT2D eigenvalue weighted by Crippen LogP contribution is -2.09. The van der Waals surface area contributed by atoms with Crippen LogP contribution >= 0.6 is 0 Å². The van der Waals surface area contributed by atoms with E-state index in [1.165, 1.54) is 24.3 Å². The number of nitrogen functional groups attached to an aromatic ring is 2. The molecule has 0 unspecified atom stereocenters. The third-order valence-electron chi connectivity index (χ3n) is 6.25. The first-order valence-electron chi connectivity index (χ1n) is 12.7. The molecule has 0 fully saturated rings. The van der Waals surface area contributed by atoms with Gasteiger partial charge in [-0.25, -0.2) is 13.4 Å². The number of nitrogens with zero attached hydrogens (tertiary/aromatic N) is 3. The summed E-state index contributed by atoms with van der Waals surface area (Å²) in [6.45, 7) is 0.901. The van der Waals surface area contributed by atoms with Gasteiger partial charge in [-0.05, 0) is 60.5 Å². The van der Waals surface area contributed by atoms with Crippen LogP contribution in [0.1, 0.15) is 17.5 Å². The molecular formula is C28H30N6O7S. The van der Waals surface area contributed by atoms with E-state index in [-0.39, 0.29) is 21.4 Å². The van der Waals surface area contributed by atoms with E-state index in [2.05, 4.69) is 15.3 Å². The van der Waals surface area contributed by atoms with Gasteiger partial charge in [-0.2, -0.15) is 4.98 Å². The normalized spacial score (nSPS) is 11.1. The number of sulfone groups is 1. The Bertz CT molecular complexity index is 1640. The Hall–Kier alpha value is -5.11. The van der Waals surface area contributed by atoms with Gasteiger partial charge in [-0.3, -0.25) is 10.1 Å². The van der Waals surface area contributed by atoms with Crippen LogP contribution in [0.3, 0.4) is 0 Å². The molecule has 13 nitrogen and oxygen atoms in total. The number of benzene rings is 3. The van der Waals surface area contributed by atoms with Crippen molar-refractivity contribution in [1.82, 2.24) is 9.97 Å². The van der Waals surface area contributed by atoms with Crippen LogP contribution in [0, 0.1) is 10.1 Å². The monoisotopic (exact) mass is 594 g/mol. The number of hydrogen-bond donors (Lipinski definition) is 3. The Labute approximate surface area is 242 Å². The second kappa shape index (κ2) is 13.0. The van der Waals surface area contributed by atoms with Crippen molar-refractivity contribution >= 4 is 33.0 Å². The van der Waals surface area contributed by atoms with Crippen molar-refractivity contribution in [3.05, 3.63) is 88.1 Å². The maximum Gasteiger partial charge on any atom is 0.269 e. The predicted octanol–water partition coefficient (Wildman–Crippen LogP) is 3.87. The Kier molecular flexibility index (Phi) is 9.27. The lowest BCUT2D eigenvalue weighted by molar-refractivity contribution is -0.384. The van der Waals surface area contributed by atoms with Crippen molar-refractivity contribution in [2.75, 3.05) is 44.2 Å². The van der Waals surface area contributed by atoms with Crippen LogP contribution in [0.2, 0.25) is 0 Å². The van der Waals surface area contributed by atoms with Gasteiger partial charge in [-0.1, -0.05) is 0 Å². The predicted molar refractivity (Wildman–Crippen MR) is 157 cm³/mol. The van der Waals surface area contributed by atoms with Gasteiger partial charge in [0.2, 0.25) is 21.5 Å². The number of rotatable bonds is 13.